The van der Waals surface area contributed by atoms with Crippen LogP contribution in [0.5, 0.6) is 11.5 Å². The van der Waals surface area contributed by atoms with Crippen LogP contribution in [0.3, 0.4) is 0 Å². The minimum absolute atomic E-state index is 0.000285. The number of aromatic hydroxyl groups is 1. The van der Waals surface area contributed by atoms with Gasteiger partial charge in [0.1, 0.15) is 17.2 Å². The van der Waals surface area contributed by atoms with Crippen molar-refractivity contribution in [3.63, 3.8) is 0 Å². The smallest absolute Gasteiger partial charge is 0.468 e. The molecule has 124 valence electrons. The van der Waals surface area contributed by atoms with E-state index < -0.39 is 12.1 Å². The fourth-order valence-electron chi connectivity index (χ4n) is 2.19. The van der Waals surface area contributed by atoms with Gasteiger partial charge in [-0.2, -0.15) is 13.2 Å². The van der Waals surface area contributed by atoms with Crippen molar-refractivity contribution >= 4 is 0 Å². The molecule has 0 radical (unpaired) electrons. The van der Waals surface area contributed by atoms with E-state index in [-0.39, 0.29) is 17.2 Å². The van der Waals surface area contributed by atoms with Crippen molar-refractivity contribution in [1.29, 1.82) is 0 Å². The average Bonchev–Trinajstić information content (AvgIpc) is 3.01. The van der Waals surface area contributed by atoms with E-state index >= 15 is 0 Å². The lowest BCUT2D eigenvalue weighted by Gasteiger charge is -2.03. The van der Waals surface area contributed by atoms with E-state index in [9.17, 15) is 18.3 Å². The van der Waals surface area contributed by atoms with Crippen molar-refractivity contribution in [2.45, 2.75) is 6.18 Å². The number of ether oxygens (including phenoxy) is 1. The first-order valence-corrected chi connectivity index (χ1v) is 6.90. The largest absolute Gasteiger partial charge is 0.508 e. The maximum Gasteiger partial charge on any atom is 0.468 e. The molecule has 0 fully saturated rings. The van der Waals surface area contributed by atoms with E-state index in [0.717, 1.165) is 0 Å². The zero-order valence-electron chi connectivity index (χ0n) is 12.5. The van der Waals surface area contributed by atoms with Gasteiger partial charge in [0.15, 0.2) is 5.76 Å². The van der Waals surface area contributed by atoms with E-state index in [1.807, 2.05) is 0 Å². The molecule has 3 aromatic rings. The molecule has 0 unspecified atom stereocenters. The van der Waals surface area contributed by atoms with Gasteiger partial charge in [-0.1, -0.05) is 0 Å². The molecule has 0 amide bonds. The van der Waals surface area contributed by atoms with Gasteiger partial charge in [0.05, 0.1) is 7.11 Å². The zero-order valence-corrected chi connectivity index (χ0v) is 12.5. The highest BCUT2D eigenvalue weighted by Crippen LogP contribution is 2.39. The Morgan fingerprint density at radius 1 is 0.958 bits per heavy atom. The minimum Gasteiger partial charge on any atom is -0.508 e. The van der Waals surface area contributed by atoms with E-state index in [4.69, 9.17) is 9.15 Å². The molecular formula is C17H12F3NO3. The van der Waals surface area contributed by atoms with Crippen molar-refractivity contribution in [3.8, 4) is 34.1 Å². The van der Waals surface area contributed by atoms with Gasteiger partial charge < -0.3 is 14.3 Å². The maximum absolute atomic E-state index is 13.0. The van der Waals surface area contributed by atoms with Crippen LogP contribution in [-0.4, -0.2) is 17.2 Å². The summed E-state index contributed by atoms with van der Waals surface area (Å²) in [6.07, 6.45) is -4.70. The van der Waals surface area contributed by atoms with Gasteiger partial charge in [0.2, 0.25) is 0 Å². The number of phenolic OH excluding ortho intramolecular Hbond substituents is 1. The number of nitrogens with zero attached hydrogens (tertiary/aromatic N) is 1. The number of alkyl halides is 3. The van der Waals surface area contributed by atoms with Gasteiger partial charge in [0.25, 0.3) is 0 Å². The monoisotopic (exact) mass is 335 g/mol. The lowest BCUT2D eigenvalue weighted by atomic mass is 10.1. The summed E-state index contributed by atoms with van der Waals surface area (Å²) in [5, 5.41) is 9.34. The molecule has 0 spiro atoms. The molecule has 1 heterocycles. The second-order valence-corrected chi connectivity index (χ2v) is 4.97. The highest BCUT2D eigenvalue weighted by molar-refractivity contribution is 5.77. The summed E-state index contributed by atoms with van der Waals surface area (Å²) in [5.74, 6) is -0.770. The normalized spacial score (nSPS) is 11.5. The number of methoxy groups -OCH3 is 1. The SMILES string of the molecule is COc1ccc(-c2nc(C(F)(F)F)oc2-c2ccc(O)cc2)cc1. The Morgan fingerprint density at radius 3 is 2.08 bits per heavy atom. The van der Waals surface area contributed by atoms with Gasteiger partial charge in [-0.05, 0) is 48.5 Å². The molecule has 24 heavy (non-hydrogen) atoms. The predicted molar refractivity (Wildman–Crippen MR) is 80.6 cm³/mol. The standard InChI is InChI=1S/C17H12F3NO3/c1-23-13-8-4-10(5-9-13)14-15(11-2-6-12(22)7-3-11)24-16(21-14)17(18,19)20/h2-9,22H,1H3. The molecule has 0 aliphatic heterocycles. The third kappa shape index (κ3) is 3.05. The summed E-state index contributed by atoms with van der Waals surface area (Å²) in [7, 11) is 1.49. The molecule has 1 aromatic heterocycles. The molecule has 0 aliphatic rings. The van der Waals surface area contributed by atoms with Crippen molar-refractivity contribution in [2.24, 2.45) is 0 Å². The lowest BCUT2D eigenvalue weighted by molar-refractivity contribution is -0.156. The Labute approximate surface area is 135 Å². The summed E-state index contributed by atoms with van der Waals surface area (Å²) in [6.45, 7) is 0. The molecule has 4 nitrogen and oxygen atoms in total. The molecule has 1 N–H and O–H groups in total. The number of phenols is 1. The first kappa shape index (κ1) is 15.9. The Bertz CT molecular complexity index is 837. The highest BCUT2D eigenvalue weighted by Gasteiger charge is 2.39. The number of benzene rings is 2. The van der Waals surface area contributed by atoms with Crippen LogP contribution in [-0.2, 0) is 6.18 Å². The van der Waals surface area contributed by atoms with Crippen molar-refractivity contribution < 1.29 is 27.4 Å². The summed E-state index contributed by atoms with van der Waals surface area (Å²) < 4.78 is 48.9. The molecule has 0 atom stereocenters. The number of halogens is 3. The topological polar surface area (TPSA) is 55.5 Å². The molecule has 3 rings (SSSR count). The average molecular weight is 335 g/mol. The quantitative estimate of drug-likeness (QED) is 0.751. The molecule has 0 saturated heterocycles. The Morgan fingerprint density at radius 2 is 1.54 bits per heavy atom. The first-order valence-electron chi connectivity index (χ1n) is 6.90. The van der Waals surface area contributed by atoms with Crippen LogP contribution >= 0.6 is 0 Å². The third-order valence-electron chi connectivity index (χ3n) is 3.36. The van der Waals surface area contributed by atoms with E-state index in [0.29, 0.717) is 16.9 Å². The molecule has 0 aliphatic carbocycles. The summed E-state index contributed by atoms with van der Waals surface area (Å²) in [4.78, 5) is 3.61. The summed E-state index contributed by atoms with van der Waals surface area (Å²) >= 11 is 0. The third-order valence-corrected chi connectivity index (χ3v) is 3.36. The minimum atomic E-state index is -4.70. The molecule has 0 bridgehead atoms. The fraction of sp³-hybridized carbons (Fsp3) is 0.118. The van der Waals surface area contributed by atoms with Crippen LogP contribution < -0.4 is 4.74 Å². The van der Waals surface area contributed by atoms with Crippen LogP contribution in [0.25, 0.3) is 22.6 Å². The van der Waals surface area contributed by atoms with Gasteiger partial charge >= 0.3 is 12.1 Å². The highest BCUT2D eigenvalue weighted by atomic mass is 19.4. The fourth-order valence-corrected chi connectivity index (χ4v) is 2.19. The van der Waals surface area contributed by atoms with Crippen LogP contribution in [0.15, 0.2) is 52.9 Å². The number of oxazole rings is 1. The second-order valence-electron chi connectivity index (χ2n) is 4.97. The van der Waals surface area contributed by atoms with Crippen LogP contribution in [0, 0.1) is 0 Å². The predicted octanol–water partition coefficient (Wildman–Crippen LogP) is 4.74. The van der Waals surface area contributed by atoms with Crippen LogP contribution in [0.1, 0.15) is 5.89 Å². The van der Waals surface area contributed by atoms with E-state index in [2.05, 4.69) is 4.98 Å². The molecular weight excluding hydrogens is 323 g/mol. The van der Waals surface area contributed by atoms with Crippen molar-refractivity contribution in [3.05, 3.63) is 54.4 Å². The van der Waals surface area contributed by atoms with Crippen LogP contribution in [0.4, 0.5) is 13.2 Å². The molecule has 7 heteroatoms. The summed E-state index contributed by atoms with van der Waals surface area (Å²) in [5.41, 5.74) is 0.899. The van der Waals surface area contributed by atoms with Gasteiger partial charge in [-0.15, -0.1) is 0 Å². The lowest BCUT2D eigenvalue weighted by Crippen LogP contribution is -2.04. The first-order chi connectivity index (χ1) is 11.4. The second kappa shape index (κ2) is 5.92. The van der Waals surface area contributed by atoms with Gasteiger partial charge in [0, 0.05) is 11.1 Å². The Balaban J connectivity index is 2.15. The van der Waals surface area contributed by atoms with Crippen LogP contribution in [0.2, 0.25) is 0 Å². The van der Waals surface area contributed by atoms with Gasteiger partial charge in [-0.3, -0.25) is 0 Å². The van der Waals surface area contributed by atoms with E-state index in [1.54, 1.807) is 24.3 Å². The number of hydrogen-bond donors (Lipinski definition) is 1. The van der Waals surface area contributed by atoms with Gasteiger partial charge in [-0.25, -0.2) is 4.98 Å². The summed E-state index contributed by atoms with van der Waals surface area (Å²) in [6, 6.07) is 12.1. The zero-order chi connectivity index (χ0) is 17.3. The van der Waals surface area contributed by atoms with Crippen molar-refractivity contribution in [1.82, 2.24) is 4.98 Å². The molecule has 0 saturated carbocycles. The number of rotatable bonds is 3. The number of aromatic nitrogens is 1. The Hall–Kier alpha value is -2.96. The molecule has 2 aromatic carbocycles. The number of hydrogen-bond acceptors (Lipinski definition) is 4. The van der Waals surface area contributed by atoms with E-state index in [1.165, 1.54) is 31.4 Å². The van der Waals surface area contributed by atoms with Crippen molar-refractivity contribution in [2.75, 3.05) is 7.11 Å². The maximum atomic E-state index is 13.0. The Kier molecular flexibility index (Phi) is 3.92.